The molecule has 110 valence electrons. The maximum Gasteiger partial charge on any atom is 0.269 e. The van der Waals surface area contributed by atoms with Gasteiger partial charge in [0.1, 0.15) is 6.54 Å². The Morgan fingerprint density at radius 3 is 2.67 bits per heavy atom. The van der Waals surface area contributed by atoms with E-state index < -0.39 is 0 Å². The Morgan fingerprint density at radius 2 is 1.95 bits per heavy atom. The highest BCUT2D eigenvalue weighted by molar-refractivity contribution is 6.35. The van der Waals surface area contributed by atoms with Crippen molar-refractivity contribution in [3.63, 3.8) is 0 Å². The van der Waals surface area contributed by atoms with Gasteiger partial charge >= 0.3 is 0 Å². The number of quaternary nitrogens is 1. The Kier molecular flexibility index (Phi) is 5.56. The van der Waals surface area contributed by atoms with Gasteiger partial charge in [-0.15, -0.1) is 0 Å². The molecule has 0 amide bonds. The van der Waals surface area contributed by atoms with Gasteiger partial charge in [0.25, 0.3) is 5.69 Å². The number of hydrogen-bond donors (Lipinski definition) is 1. The molecule has 2 aromatic rings. The molecule has 0 bridgehead atoms. The Hall–Kier alpha value is -1.62. The summed E-state index contributed by atoms with van der Waals surface area (Å²) in [5.74, 6) is 0. The molecule has 0 unspecified atom stereocenters. The lowest BCUT2D eigenvalue weighted by Crippen LogP contribution is -2.83. The SMILES string of the molecule is O=[N+]([O-])c1cccc(C[NH2+]CCc2ccc(Cl)cc2Cl)c1. The molecule has 0 saturated heterocycles. The third-order valence-corrected chi connectivity index (χ3v) is 3.72. The average Bonchev–Trinajstić information content (AvgIpc) is 2.45. The van der Waals surface area contributed by atoms with Crippen molar-refractivity contribution in [2.24, 2.45) is 0 Å². The molecule has 0 aliphatic heterocycles. The molecule has 0 atom stereocenters. The molecule has 2 aromatic carbocycles. The summed E-state index contributed by atoms with van der Waals surface area (Å²) in [7, 11) is 0. The van der Waals surface area contributed by atoms with Crippen LogP contribution in [-0.4, -0.2) is 11.5 Å². The van der Waals surface area contributed by atoms with Crippen LogP contribution < -0.4 is 5.32 Å². The molecular formula is C15H15Cl2N2O2+. The van der Waals surface area contributed by atoms with Crippen LogP contribution in [0.25, 0.3) is 0 Å². The topological polar surface area (TPSA) is 59.8 Å². The first-order valence-electron chi connectivity index (χ1n) is 6.55. The molecule has 0 saturated carbocycles. The van der Waals surface area contributed by atoms with Gasteiger partial charge < -0.3 is 5.32 Å². The standard InChI is InChI=1S/C15H14Cl2N2O2/c16-13-5-4-12(15(17)9-13)6-7-18-10-11-2-1-3-14(8-11)19(20)21/h1-5,8-9,18H,6-7,10H2/p+1. The zero-order valence-electron chi connectivity index (χ0n) is 11.3. The Labute approximate surface area is 132 Å². The van der Waals surface area contributed by atoms with Crippen LogP contribution >= 0.6 is 23.2 Å². The summed E-state index contributed by atoms with van der Waals surface area (Å²) < 4.78 is 0. The van der Waals surface area contributed by atoms with Crippen molar-refractivity contribution >= 4 is 28.9 Å². The Morgan fingerprint density at radius 1 is 1.14 bits per heavy atom. The van der Waals surface area contributed by atoms with Crippen molar-refractivity contribution < 1.29 is 10.2 Å². The number of halogens is 2. The lowest BCUT2D eigenvalue weighted by Gasteiger charge is -2.05. The first kappa shape index (κ1) is 15.8. The fraction of sp³-hybridized carbons (Fsp3) is 0.200. The molecule has 2 N–H and O–H groups in total. The summed E-state index contributed by atoms with van der Waals surface area (Å²) in [6.45, 7) is 1.55. The average molecular weight is 326 g/mol. The minimum atomic E-state index is -0.378. The van der Waals surface area contributed by atoms with Crippen LogP contribution in [0.1, 0.15) is 11.1 Å². The summed E-state index contributed by atoms with van der Waals surface area (Å²) >= 11 is 12.0. The highest BCUT2D eigenvalue weighted by atomic mass is 35.5. The largest absolute Gasteiger partial charge is 0.342 e. The molecule has 0 spiro atoms. The van der Waals surface area contributed by atoms with Gasteiger partial charge in [-0.3, -0.25) is 10.1 Å². The van der Waals surface area contributed by atoms with E-state index in [4.69, 9.17) is 23.2 Å². The van der Waals surface area contributed by atoms with E-state index in [1.54, 1.807) is 18.2 Å². The molecular weight excluding hydrogens is 311 g/mol. The smallest absolute Gasteiger partial charge is 0.269 e. The van der Waals surface area contributed by atoms with Gasteiger partial charge in [0.05, 0.1) is 11.5 Å². The van der Waals surface area contributed by atoms with Gasteiger partial charge in [0.2, 0.25) is 0 Å². The number of nitrogens with zero attached hydrogens (tertiary/aromatic N) is 1. The van der Waals surface area contributed by atoms with Crippen LogP contribution in [0.4, 0.5) is 5.69 Å². The molecule has 4 nitrogen and oxygen atoms in total. The van der Waals surface area contributed by atoms with Crippen LogP contribution in [0.2, 0.25) is 10.0 Å². The lowest BCUT2D eigenvalue weighted by atomic mass is 10.1. The van der Waals surface area contributed by atoms with Gasteiger partial charge in [-0.2, -0.15) is 0 Å². The number of non-ortho nitro benzene ring substituents is 1. The van der Waals surface area contributed by atoms with Crippen molar-refractivity contribution in [2.45, 2.75) is 13.0 Å². The van der Waals surface area contributed by atoms with Gasteiger partial charge in [0, 0.05) is 34.2 Å². The summed E-state index contributed by atoms with van der Waals surface area (Å²) in [5, 5.41) is 14.1. The van der Waals surface area contributed by atoms with E-state index >= 15 is 0 Å². The molecule has 6 heteroatoms. The van der Waals surface area contributed by atoms with Crippen LogP contribution in [0.3, 0.4) is 0 Å². The maximum absolute atomic E-state index is 10.7. The minimum absolute atomic E-state index is 0.127. The number of nitro benzene ring substituents is 1. The number of nitrogens with two attached hydrogens (primary N) is 1. The zero-order chi connectivity index (χ0) is 15.2. The minimum Gasteiger partial charge on any atom is -0.342 e. The highest BCUT2D eigenvalue weighted by Crippen LogP contribution is 2.20. The third-order valence-electron chi connectivity index (χ3n) is 3.13. The first-order valence-corrected chi connectivity index (χ1v) is 7.31. The fourth-order valence-electron chi connectivity index (χ4n) is 2.05. The monoisotopic (exact) mass is 325 g/mol. The molecule has 0 aromatic heterocycles. The van der Waals surface area contributed by atoms with Crippen molar-refractivity contribution in [1.29, 1.82) is 0 Å². The highest BCUT2D eigenvalue weighted by Gasteiger charge is 2.07. The summed E-state index contributed by atoms with van der Waals surface area (Å²) in [6.07, 6.45) is 0.824. The van der Waals surface area contributed by atoms with Crippen LogP contribution in [0.15, 0.2) is 42.5 Å². The van der Waals surface area contributed by atoms with E-state index in [9.17, 15) is 10.1 Å². The van der Waals surface area contributed by atoms with Gasteiger partial charge in [0.15, 0.2) is 0 Å². The van der Waals surface area contributed by atoms with Gasteiger partial charge in [-0.05, 0) is 17.7 Å². The predicted octanol–water partition coefficient (Wildman–Crippen LogP) is 3.21. The van der Waals surface area contributed by atoms with Crippen LogP contribution in [0.5, 0.6) is 0 Å². The van der Waals surface area contributed by atoms with Gasteiger partial charge in [-0.1, -0.05) is 41.4 Å². The van der Waals surface area contributed by atoms with E-state index in [2.05, 4.69) is 5.32 Å². The Balaban J connectivity index is 1.84. The van der Waals surface area contributed by atoms with Crippen molar-refractivity contribution in [3.8, 4) is 0 Å². The van der Waals surface area contributed by atoms with Gasteiger partial charge in [-0.25, -0.2) is 0 Å². The Bertz CT molecular complexity index is 647. The lowest BCUT2D eigenvalue weighted by molar-refractivity contribution is -0.670. The zero-order valence-corrected chi connectivity index (χ0v) is 12.8. The van der Waals surface area contributed by atoms with E-state index in [-0.39, 0.29) is 10.6 Å². The van der Waals surface area contributed by atoms with E-state index in [0.29, 0.717) is 16.6 Å². The number of rotatable bonds is 6. The number of benzene rings is 2. The summed E-state index contributed by atoms with van der Waals surface area (Å²) in [4.78, 5) is 10.3. The van der Waals surface area contributed by atoms with E-state index in [0.717, 1.165) is 24.1 Å². The van der Waals surface area contributed by atoms with Crippen molar-refractivity contribution in [2.75, 3.05) is 6.54 Å². The normalized spacial score (nSPS) is 10.6. The molecule has 0 fully saturated rings. The molecule has 2 rings (SSSR count). The molecule has 0 aliphatic rings. The second-order valence-corrected chi connectivity index (χ2v) is 5.54. The summed E-state index contributed by atoms with van der Waals surface area (Å²) in [5.41, 5.74) is 2.12. The summed E-state index contributed by atoms with van der Waals surface area (Å²) in [6, 6.07) is 12.2. The second kappa shape index (κ2) is 7.41. The molecule has 0 radical (unpaired) electrons. The van der Waals surface area contributed by atoms with E-state index in [1.807, 2.05) is 18.2 Å². The maximum atomic E-state index is 10.7. The van der Waals surface area contributed by atoms with Crippen molar-refractivity contribution in [3.05, 3.63) is 73.8 Å². The molecule has 0 heterocycles. The second-order valence-electron chi connectivity index (χ2n) is 4.69. The van der Waals surface area contributed by atoms with Crippen LogP contribution in [-0.2, 0) is 13.0 Å². The first-order chi connectivity index (χ1) is 10.1. The van der Waals surface area contributed by atoms with Crippen molar-refractivity contribution in [1.82, 2.24) is 0 Å². The quantitative estimate of drug-likeness (QED) is 0.503. The fourth-order valence-corrected chi connectivity index (χ4v) is 2.55. The number of hydrogen-bond acceptors (Lipinski definition) is 2. The van der Waals surface area contributed by atoms with E-state index in [1.165, 1.54) is 6.07 Å². The third kappa shape index (κ3) is 4.70. The number of nitro groups is 1. The molecule has 21 heavy (non-hydrogen) atoms. The molecule has 0 aliphatic carbocycles. The van der Waals surface area contributed by atoms with Crippen LogP contribution in [0, 0.1) is 10.1 Å². The predicted molar refractivity (Wildman–Crippen MR) is 83.8 cm³/mol.